The van der Waals surface area contributed by atoms with Gasteiger partial charge in [0.2, 0.25) is 5.89 Å². The minimum absolute atomic E-state index is 0.0578. The fraction of sp³-hybridized carbons (Fsp3) is 0.500. The Kier molecular flexibility index (Phi) is 4.79. The zero-order chi connectivity index (χ0) is 17.2. The van der Waals surface area contributed by atoms with Crippen molar-refractivity contribution in [1.29, 1.82) is 0 Å². The molecule has 0 spiro atoms. The largest absolute Gasteiger partial charge is 0.466 e. The zero-order valence-corrected chi connectivity index (χ0v) is 14.1. The van der Waals surface area contributed by atoms with Crippen molar-refractivity contribution in [2.75, 3.05) is 6.54 Å². The summed E-state index contributed by atoms with van der Waals surface area (Å²) < 4.78 is 10.8. The highest BCUT2D eigenvalue weighted by atomic mass is 16.4. The number of oxazole rings is 1. The zero-order valence-electron chi connectivity index (χ0n) is 14.1. The highest BCUT2D eigenvalue weighted by Gasteiger charge is 2.28. The Morgan fingerprint density at radius 3 is 2.43 bits per heavy atom. The Morgan fingerprint density at radius 1 is 1.22 bits per heavy atom. The van der Waals surface area contributed by atoms with E-state index in [1.807, 2.05) is 20.8 Å². The number of aliphatic hydroxyl groups is 1. The fourth-order valence-electron chi connectivity index (χ4n) is 2.35. The number of aromatic nitrogens is 1. The molecule has 0 aliphatic rings. The predicted molar refractivity (Wildman–Crippen MR) is 84.0 cm³/mol. The van der Waals surface area contributed by atoms with Crippen LogP contribution in [-0.2, 0) is 12.1 Å². The van der Waals surface area contributed by atoms with Gasteiger partial charge in [-0.25, -0.2) is 9.78 Å². The molecule has 2 rings (SSSR count). The summed E-state index contributed by atoms with van der Waals surface area (Å²) in [6, 6.07) is 1.37. The van der Waals surface area contributed by atoms with Gasteiger partial charge in [0.05, 0.1) is 18.8 Å². The molecule has 2 aromatic rings. The van der Waals surface area contributed by atoms with Crippen LogP contribution in [0.5, 0.6) is 0 Å². The fourth-order valence-corrected chi connectivity index (χ4v) is 2.35. The van der Waals surface area contributed by atoms with Crippen molar-refractivity contribution in [2.45, 2.75) is 46.8 Å². The first-order valence-electron chi connectivity index (χ1n) is 7.43. The van der Waals surface area contributed by atoms with Crippen LogP contribution in [-0.4, -0.2) is 22.7 Å². The van der Waals surface area contributed by atoms with Crippen LogP contribution in [0.3, 0.4) is 0 Å². The monoisotopic (exact) mass is 321 g/mol. The first-order chi connectivity index (χ1) is 10.7. The number of furan rings is 1. The lowest BCUT2D eigenvalue weighted by molar-refractivity contribution is 0.0578. The molecule has 0 saturated carbocycles. The molecule has 0 aliphatic heterocycles. The predicted octanol–water partition coefficient (Wildman–Crippen LogP) is 2.21. The molecule has 2 heterocycles. The van der Waals surface area contributed by atoms with Crippen molar-refractivity contribution in [3.05, 3.63) is 40.5 Å². The number of hydrogen-bond donors (Lipinski definition) is 3. The molecule has 126 valence electrons. The molecule has 2 aromatic heterocycles. The molecule has 1 atom stereocenters. The van der Waals surface area contributed by atoms with E-state index >= 15 is 0 Å². The molecule has 23 heavy (non-hydrogen) atoms. The Morgan fingerprint density at radius 2 is 1.91 bits per heavy atom. The standard InChI is InChI=1S/C16H23N3O4/c1-9-6-13(12(4)22-9)16(5,21)8-18-15(20)17-7-14-19-10(2)11(3)23-14/h6,21H,7-8H2,1-5H3,(H2,17,18,20). The maximum absolute atomic E-state index is 11.9. The third-order valence-corrected chi connectivity index (χ3v) is 3.69. The average molecular weight is 321 g/mol. The minimum Gasteiger partial charge on any atom is -0.466 e. The number of nitrogens with one attached hydrogen (secondary N) is 2. The summed E-state index contributed by atoms with van der Waals surface area (Å²) in [5.74, 6) is 2.54. The summed E-state index contributed by atoms with van der Waals surface area (Å²) in [6.07, 6.45) is 0. The van der Waals surface area contributed by atoms with Gasteiger partial charge in [-0.05, 0) is 40.7 Å². The van der Waals surface area contributed by atoms with Gasteiger partial charge in [-0.3, -0.25) is 0 Å². The molecule has 0 saturated heterocycles. The molecule has 0 bridgehead atoms. The summed E-state index contributed by atoms with van der Waals surface area (Å²) in [5.41, 5.74) is 0.250. The molecule has 1 unspecified atom stereocenters. The van der Waals surface area contributed by atoms with Crippen LogP contribution in [0.25, 0.3) is 0 Å². The van der Waals surface area contributed by atoms with Gasteiger partial charge in [0, 0.05) is 5.56 Å². The van der Waals surface area contributed by atoms with Crippen molar-refractivity contribution in [3.8, 4) is 0 Å². The highest BCUT2D eigenvalue weighted by molar-refractivity contribution is 5.73. The summed E-state index contributed by atoms with van der Waals surface area (Å²) in [4.78, 5) is 16.0. The van der Waals surface area contributed by atoms with Gasteiger partial charge in [0.1, 0.15) is 22.9 Å². The van der Waals surface area contributed by atoms with Crippen molar-refractivity contribution in [2.24, 2.45) is 0 Å². The number of carbonyl (C=O) groups is 1. The lowest BCUT2D eigenvalue weighted by Crippen LogP contribution is -2.43. The molecular weight excluding hydrogens is 298 g/mol. The number of aryl methyl sites for hydroxylation is 4. The van der Waals surface area contributed by atoms with E-state index in [9.17, 15) is 9.90 Å². The molecule has 0 aliphatic carbocycles. The minimum atomic E-state index is -1.21. The second-order valence-electron chi connectivity index (χ2n) is 5.89. The molecule has 7 heteroatoms. The maximum atomic E-state index is 11.9. The number of nitrogens with zero attached hydrogens (tertiary/aromatic N) is 1. The Labute approximate surface area is 135 Å². The van der Waals surface area contributed by atoms with E-state index in [4.69, 9.17) is 8.83 Å². The summed E-state index contributed by atoms with van der Waals surface area (Å²) >= 11 is 0. The number of urea groups is 1. The van der Waals surface area contributed by atoms with E-state index in [2.05, 4.69) is 15.6 Å². The molecule has 0 fully saturated rings. The van der Waals surface area contributed by atoms with Gasteiger partial charge < -0.3 is 24.6 Å². The summed E-state index contributed by atoms with van der Waals surface area (Å²) in [6.45, 7) is 9.13. The van der Waals surface area contributed by atoms with Crippen LogP contribution in [0.2, 0.25) is 0 Å². The third kappa shape index (κ3) is 4.13. The lowest BCUT2D eigenvalue weighted by atomic mass is 9.96. The Bertz CT molecular complexity index is 681. The van der Waals surface area contributed by atoms with Crippen molar-refractivity contribution >= 4 is 6.03 Å². The summed E-state index contributed by atoms with van der Waals surface area (Å²) in [5, 5.41) is 15.8. The number of carbonyl (C=O) groups excluding carboxylic acids is 1. The highest BCUT2D eigenvalue weighted by Crippen LogP contribution is 2.26. The van der Waals surface area contributed by atoms with E-state index in [1.165, 1.54) is 0 Å². The maximum Gasteiger partial charge on any atom is 0.315 e. The normalized spacial score (nSPS) is 13.7. The Hall–Kier alpha value is -2.28. The van der Waals surface area contributed by atoms with Crippen molar-refractivity contribution < 1.29 is 18.7 Å². The van der Waals surface area contributed by atoms with Gasteiger partial charge in [-0.2, -0.15) is 0 Å². The first kappa shape index (κ1) is 17.1. The van der Waals surface area contributed by atoms with Crippen molar-refractivity contribution in [1.82, 2.24) is 15.6 Å². The second kappa shape index (κ2) is 6.45. The van der Waals surface area contributed by atoms with Crippen LogP contribution in [0.15, 0.2) is 14.9 Å². The third-order valence-electron chi connectivity index (χ3n) is 3.69. The Balaban J connectivity index is 1.87. The molecule has 0 radical (unpaired) electrons. The van der Waals surface area contributed by atoms with Crippen LogP contribution in [0.4, 0.5) is 4.79 Å². The van der Waals surface area contributed by atoms with E-state index in [0.29, 0.717) is 17.2 Å². The molecule has 2 amide bonds. The van der Waals surface area contributed by atoms with Crippen LogP contribution in [0, 0.1) is 27.7 Å². The van der Waals surface area contributed by atoms with Crippen molar-refractivity contribution in [3.63, 3.8) is 0 Å². The van der Waals surface area contributed by atoms with Crippen LogP contribution in [0.1, 0.15) is 41.4 Å². The lowest BCUT2D eigenvalue weighted by Gasteiger charge is -2.23. The number of rotatable bonds is 5. The average Bonchev–Trinajstić information content (AvgIpc) is 2.97. The quantitative estimate of drug-likeness (QED) is 0.784. The number of hydrogen-bond acceptors (Lipinski definition) is 5. The topological polar surface area (TPSA) is 101 Å². The van der Waals surface area contributed by atoms with Crippen LogP contribution >= 0.6 is 0 Å². The van der Waals surface area contributed by atoms with Gasteiger partial charge in [0.15, 0.2) is 0 Å². The molecule has 3 N–H and O–H groups in total. The molecule has 0 aromatic carbocycles. The van der Waals surface area contributed by atoms with E-state index in [-0.39, 0.29) is 13.1 Å². The van der Waals surface area contributed by atoms with E-state index in [1.54, 1.807) is 19.9 Å². The van der Waals surface area contributed by atoms with Gasteiger partial charge in [-0.1, -0.05) is 0 Å². The SMILES string of the molecule is Cc1cc(C(C)(O)CNC(=O)NCc2nc(C)c(C)o2)c(C)o1. The second-order valence-corrected chi connectivity index (χ2v) is 5.89. The van der Waals surface area contributed by atoms with E-state index < -0.39 is 11.6 Å². The summed E-state index contributed by atoms with van der Waals surface area (Å²) in [7, 11) is 0. The number of amides is 2. The first-order valence-corrected chi connectivity index (χ1v) is 7.43. The molecular formula is C16H23N3O4. The van der Waals surface area contributed by atoms with Gasteiger partial charge >= 0.3 is 6.03 Å². The molecule has 7 nitrogen and oxygen atoms in total. The van der Waals surface area contributed by atoms with E-state index in [0.717, 1.165) is 17.2 Å². The van der Waals surface area contributed by atoms with Gasteiger partial charge in [0.25, 0.3) is 0 Å². The van der Waals surface area contributed by atoms with Gasteiger partial charge in [-0.15, -0.1) is 0 Å². The van der Waals surface area contributed by atoms with Crippen LogP contribution < -0.4 is 10.6 Å². The smallest absolute Gasteiger partial charge is 0.315 e.